The van der Waals surface area contributed by atoms with Crippen LogP contribution in [0.4, 0.5) is 5.69 Å². The molecule has 2 aromatic rings. The lowest BCUT2D eigenvalue weighted by molar-refractivity contribution is -0.145. The average molecular weight is 400 g/mol. The largest absolute Gasteiger partial charge is 0.479 e. The molecule has 1 N–H and O–H groups in total. The number of rotatable bonds is 7. The molecule has 2 atom stereocenters. The highest BCUT2D eigenvalue weighted by Gasteiger charge is 2.48. The summed E-state index contributed by atoms with van der Waals surface area (Å²) in [7, 11) is 1.78. The van der Waals surface area contributed by atoms with E-state index in [0.717, 1.165) is 10.6 Å². The van der Waals surface area contributed by atoms with Gasteiger partial charge < -0.3 is 14.7 Å². The molecule has 0 saturated carbocycles. The summed E-state index contributed by atoms with van der Waals surface area (Å²) < 4.78 is 4.96. The van der Waals surface area contributed by atoms with Crippen molar-refractivity contribution in [2.24, 2.45) is 5.92 Å². The van der Waals surface area contributed by atoms with E-state index in [1.54, 1.807) is 48.0 Å². The number of ether oxygens (including phenoxy) is 1. The molecule has 1 heterocycles. The number of anilines is 1. The second-order valence-electron chi connectivity index (χ2n) is 7.27. The van der Waals surface area contributed by atoms with Crippen molar-refractivity contribution >= 4 is 29.3 Å². The Morgan fingerprint density at radius 3 is 2.43 bits per heavy atom. The minimum Gasteiger partial charge on any atom is -0.479 e. The molecule has 0 saturated heterocycles. The molecule has 1 amide bonds. The van der Waals surface area contributed by atoms with Crippen molar-refractivity contribution in [3.63, 3.8) is 0 Å². The third kappa shape index (κ3) is 3.87. The first-order valence-corrected chi connectivity index (χ1v) is 10.2. The topological polar surface area (TPSA) is 66.8 Å². The fourth-order valence-electron chi connectivity index (χ4n) is 3.51. The highest BCUT2D eigenvalue weighted by atomic mass is 32.2. The lowest BCUT2D eigenvalue weighted by Gasteiger charge is -2.43. The van der Waals surface area contributed by atoms with Gasteiger partial charge in [-0.3, -0.25) is 4.79 Å². The highest BCUT2D eigenvalue weighted by molar-refractivity contribution is 8.01. The molecule has 5 nitrogen and oxygen atoms in total. The molecule has 2 unspecified atom stereocenters. The molecular weight excluding hydrogens is 374 g/mol. The van der Waals surface area contributed by atoms with Gasteiger partial charge in [0.25, 0.3) is 0 Å². The van der Waals surface area contributed by atoms with Gasteiger partial charge in [-0.25, -0.2) is 4.79 Å². The van der Waals surface area contributed by atoms with Crippen molar-refractivity contribution in [2.45, 2.75) is 42.4 Å². The third-order valence-electron chi connectivity index (χ3n) is 5.19. The van der Waals surface area contributed by atoms with Gasteiger partial charge in [0.1, 0.15) is 10.5 Å². The zero-order chi connectivity index (χ0) is 20.3. The van der Waals surface area contributed by atoms with E-state index in [1.165, 1.54) is 0 Å². The van der Waals surface area contributed by atoms with Gasteiger partial charge in [0.2, 0.25) is 5.91 Å². The summed E-state index contributed by atoms with van der Waals surface area (Å²) in [6.07, 6.45) is -0.345. The Hall–Kier alpha value is -2.47. The molecule has 1 aliphatic heterocycles. The number of aliphatic carboxylic acids is 1. The zero-order valence-electron chi connectivity index (χ0n) is 16.3. The summed E-state index contributed by atoms with van der Waals surface area (Å²) >= 11 is 1.54. The molecule has 0 aromatic heterocycles. The summed E-state index contributed by atoms with van der Waals surface area (Å²) in [6.45, 7) is 4.03. The Morgan fingerprint density at radius 2 is 1.79 bits per heavy atom. The minimum absolute atomic E-state index is 0.00931. The third-order valence-corrected chi connectivity index (χ3v) is 6.97. The summed E-state index contributed by atoms with van der Waals surface area (Å²) in [4.78, 5) is 27.8. The Bertz CT molecular complexity index is 855. The number of fused-ring (bicyclic) bond motifs is 1. The first-order valence-electron chi connectivity index (χ1n) is 9.36. The maximum Gasteiger partial charge on any atom is 0.344 e. The van der Waals surface area contributed by atoms with Gasteiger partial charge in [-0.1, -0.05) is 44.2 Å². The Labute approximate surface area is 169 Å². The maximum atomic E-state index is 13.3. The summed E-state index contributed by atoms with van der Waals surface area (Å²) in [5.41, 5.74) is 0.893. The zero-order valence-corrected chi connectivity index (χ0v) is 17.1. The van der Waals surface area contributed by atoms with Crippen molar-refractivity contribution < 1.29 is 19.4 Å². The minimum atomic E-state index is -1.02. The summed E-state index contributed by atoms with van der Waals surface area (Å²) in [6, 6.07) is 16.7. The number of benzene rings is 2. The first kappa shape index (κ1) is 20.3. The SMILES string of the molecule is CC(C)C1(CCC(Oc2ccccc2)C(=O)O)Sc2ccccc2N(C)C1=O. The predicted octanol–water partition coefficient (Wildman–Crippen LogP) is 4.46. The molecule has 1 aliphatic rings. The van der Waals surface area contributed by atoms with Crippen LogP contribution in [0.1, 0.15) is 26.7 Å². The van der Waals surface area contributed by atoms with E-state index < -0.39 is 16.8 Å². The molecule has 0 radical (unpaired) electrons. The number of carbonyl (C=O) groups excluding carboxylic acids is 1. The Balaban J connectivity index is 1.84. The second kappa shape index (κ2) is 8.27. The number of thioether (sulfide) groups is 1. The van der Waals surface area contributed by atoms with Gasteiger partial charge in [0.05, 0.1) is 5.69 Å². The van der Waals surface area contributed by atoms with Gasteiger partial charge in [0.15, 0.2) is 6.10 Å². The quantitative estimate of drug-likeness (QED) is 0.744. The Kier molecular flexibility index (Phi) is 5.98. The van der Waals surface area contributed by atoms with Gasteiger partial charge in [0, 0.05) is 11.9 Å². The molecule has 6 heteroatoms. The number of carboxylic acid groups (broad SMARTS) is 1. The van der Waals surface area contributed by atoms with Crippen molar-refractivity contribution in [3.8, 4) is 5.75 Å². The van der Waals surface area contributed by atoms with Crippen LogP contribution < -0.4 is 9.64 Å². The van der Waals surface area contributed by atoms with Crippen LogP contribution in [0.5, 0.6) is 5.75 Å². The van der Waals surface area contributed by atoms with Crippen LogP contribution in [-0.2, 0) is 9.59 Å². The molecular formula is C22H25NO4S. The lowest BCUT2D eigenvalue weighted by Crippen LogP contribution is -2.52. The molecule has 0 bridgehead atoms. The van der Waals surface area contributed by atoms with Crippen molar-refractivity contribution in [3.05, 3.63) is 54.6 Å². The summed E-state index contributed by atoms with van der Waals surface area (Å²) in [5.74, 6) is -0.467. The van der Waals surface area contributed by atoms with Crippen molar-refractivity contribution in [1.82, 2.24) is 0 Å². The van der Waals surface area contributed by atoms with E-state index in [1.807, 2.05) is 44.2 Å². The van der Waals surface area contributed by atoms with E-state index in [9.17, 15) is 14.7 Å². The van der Waals surface area contributed by atoms with Gasteiger partial charge >= 0.3 is 5.97 Å². The number of hydrogen-bond acceptors (Lipinski definition) is 4. The smallest absolute Gasteiger partial charge is 0.344 e. The fourth-order valence-corrected chi connectivity index (χ4v) is 5.04. The van der Waals surface area contributed by atoms with E-state index in [-0.39, 0.29) is 18.2 Å². The van der Waals surface area contributed by atoms with E-state index in [0.29, 0.717) is 12.2 Å². The molecule has 0 aliphatic carbocycles. The van der Waals surface area contributed by atoms with Crippen LogP contribution in [0, 0.1) is 5.92 Å². The van der Waals surface area contributed by atoms with E-state index >= 15 is 0 Å². The predicted molar refractivity (Wildman–Crippen MR) is 111 cm³/mol. The van der Waals surface area contributed by atoms with Gasteiger partial charge in [-0.2, -0.15) is 0 Å². The van der Waals surface area contributed by atoms with E-state index in [2.05, 4.69) is 0 Å². The van der Waals surface area contributed by atoms with Crippen LogP contribution in [0.25, 0.3) is 0 Å². The molecule has 0 fully saturated rings. The number of carboxylic acids is 1. The maximum absolute atomic E-state index is 13.3. The standard InChI is InChI=1S/C22H25NO4S/c1-15(2)22(21(26)23(3)17-11-7-8-12-19(17)28-22)14-13-18(20(24)25)27-16-9-5-4-6-10-16/h4-12,15,18H,13-14H2,1-3H3,(H,24,25). The number of hydrogen-bond donors (Lipinski definition) is 1. The van der Waals surface area contributed by atoms with Crippen LogP contribution in [0.15, 0.2) is 59.5 Å². The lowest BCUT2D eigenvalue weighted by atomic mass is 9.87. The summed E-state index contributed by atoms with van der Waals surface area (Å²) in [5, 5.41) is 9.64. The number of para-hydroxylation sites is 2. The number of carbonyl (C=O) groups is 2. The molecule has 3 rings (SSSR count). The molecule has 0 spiro atoms. The van der Waals surface area contributed by atoms with Crippen LogP contribution in [0.2, 0.25) is 0 Å². The van der Waals surface area contributed by atoms with E-state index in [4.69, 9.17) is 4.74 Å². The van der Waals surface area contributed by atoms with Crippen LogP contribution in [-0.4, -0.2) is 34.9 Å². The first-order chi connectivity index (χ1) is 13.3. The number of amides is 1. The average Bonchev–Trinajstić information content (AvgIpc) is 2.69. The Morgan fingerprint density at radius 1 is 1.14 bits per heavy atom. The van der Waals surface area contributed by atoms with Crippen molar-refractivity contribution in [1.29, 1.82) is 0 Å². The monoisotopic (exact) mass is 399 g/mol. The van der Waals surface area contributed by atoms with Crippen LogP contribution >= 0.6 is 11.8 Å². The molecule has 148 valence electrons. The number of nitrogens with zero attached hydrogens (tertiary/aromatic N) is 1. The van der Waals surface area contributed by atoms with Gasteiger partial charge in [-0.15, -0.1) is 11.8 Å². The molecule has 28 heavy (non-hydrogen) atoms. The van der Waals surface area contributed by atoms with Crippen molar-refractivity contribution in [2.75, 3.05) is 11.9 Å². The fraction of sp³-hybridized carbons (Fsp3) is 0.364. The molecule has 2 aromatic carbocycles. The second-order valence-corrected chi connectivity index (χ2v) is 8.65. The van der Waals surface area contributed by atoms with Crippen LogP contribution in [0.3, 0.4) is 0 Å². The highest BCUT2D eigenvalue weighted by Crippen LogP contribution is 2.50. The normalized spacial score (nSPS) is 20.0. The van der Waals surface area contributed by atoms with Gasteiger partial charge in [-0.05, 0) is 43.0 Å².